The van der Waals surface area contributed by atoms with Crippen molar-refractivity contribution in [3.8, 4) is 29.1 Å². The maximum atomic E-state index is 13.9. The molecular weight excluding hydrogens is 499 g/mol. The number of methoxy groups -OCH3 is 1. The van der Waals surface area contributed by atoms with E-state index < -0.39 is 11.9 Å². The van der Waals surface area contributed by atoms with E-state index in [4.69, 9.17) is 24.7 Å². The van der Waals surface area contributed by atoms with E-state index in [0.29, 0.717) is 28.4 Å². The summed E-state index contributed by atoms with van der Waals surface area (Å²) in [6, 6.07) is 27.4. The lowest BCUT2D eigenvalue weighted by Crippen LogP contribution is -2.21. The van der Waals surface area contributed by atoms with Crippen LogP contribution in [-0.2, 0) is 6.61 Å². The van der Waals surface area contributed by atoms with Crippen LogP contribution in [0.4, 0.5) is 4.39 Å². The van der Waals surface area contributed by atoms with Crippen LogP contribution in [0.5, 0.6) is 23.0 Å². The highest BCUT2D eigenvalue weighted by atomic mass is 19.1. The molecule has 2 N–H and O–H groups in total. The van der Waals surface area contributed by atoms with Gasteiger partial charge in [0.1, 0.15) is 52.6 Å². The topological polar surface area (TPSA) is 104 Å². The minimum absolute atomic E-state index is 0.0388. The summed E-state index contributed by atoms with van der Waals surface area (Å²) in [5.74, 6) is 0.0658. The van der Waals surface area contributed by atoms with Crippen LogP contribution in [0.3, 0.4) is 0 Å². The van der Waals surface area contributed by atoms with Crippen molar-refractivity contribution in [2.45, 2.75) is 12.5 Å². The van der Waals surface area contributed by atoms with Gasteiger partial charge < -0.3 is 24.7 Å². The Hall–Kier alpha value is -5.29. The molecular formula is C31H23FN2O5. The summed E-state index contributed by atoms with van der Waals surface area (Å²) >= 11 is 0. The van der Waals surface area contributed by atoms with Crippen molar-refractivity contribution in [2.24, 2.45) is 5.73 Å². The first-order chi connectivity index (χ1) is 19.0. The molecule has 0 spiro atoms. The van der Waals surface area contributed by atoms with E-state index in [-0.39, 0.29) is 35.2 Å². The number of carbonyl (C=O) groups excluding carboxylic acids is 1. The number of halogens is 1. The number of allylic oxidation sites excluding steroid dienone is 1. The van der Waals surface area contributed by atoms with Crippen LogP contribution in [0.25, 0.3) is 0 Å². The molecule has 4 aromatic carbocycles. The zero-order chi connectivity index (χ0) is 27.4. The molecule has 7 nitrogen and oxygen atoms in total. The van der Waals surface area contributed by atoms with Gasteiger partial charge in [-0.2, -0.15) is 5.26 Å². The second-order valence-electron chi connectivity index (χ2n) is 8.66. The van der Waals surface area contributed by atoms with Crippen molar-refractivity contribution in [1.82, 2.24) is 0 Å². The number of hydrogen-bond donors (Lipinski definition) is 1. The van der Waals surface area contributed by atoms with Gasteiger partial charge in [-0.05, 0) is 42.0 Å². The van der Waals surface area contributed by atoms with Gasteiger partial charge in [0.25, 0.3) is 0 Å². The van der Waals surface area contributed by atoms with E-state index in [2.05, 4.69) is 6.07 Å². The number of rotatable bonds is 7. The molecule has 0 aliphatic carbocycles. The maximum absolute atomic E-state index is 13.9. The highest BCUT2D eigenvalue weighted by Gasteiger charge is 2.31. The first-order valence-electron chi connectivity index (χ1n) is 12.0. The highest BCUT2D eigenvalue weighted by Crippen LogP contribution is 2.43. The fourth-order valence-corrected chi connectivity index (χ4v) is 4.35. The Labute approximate surface area is 224 Å². The average molecular weight is 523 g/mol. The zero-order valence-corrected chi connectivity index (χ0v) is 20.9. The van der Waals surface area contributed by atoms with Crippen LogP contribution in [0, 0.1) is 17.1 Å². The first kappa shape index (κ1) is 25.4. The van der Waals surface area contributed by atoms with E-state index in [9.17, 15) is 14.4 Å². The predicted octanol–water partition coefficient (Wildman–Crippen LogP) is 5.85. The molecule has 1 atom stereocenters. The minimum atomic E-state index is -0.591. The highest BCUT2D eigenvalue weighted by molar-refractivity contribution is 5.94. The molecule has 0 fully saturated rings. The average Bonchev–Trinajstić information content (AvgIpc) is 2.96. The molecule has 0 bridgehead atoms. The number of benzene rings is 4. The van der Waals surface area contributed by atoms with Gasteiger partial charge in [0.05, 0.1) is 13.0 Å². The van der Waals surface area contributed by atoms with E-state index in [1.807, 2.05) is 12.1 Å². The summed E-state index contributed by atoms with van der Waals surface area (Å²) in [5.41, 5.74) is 8.55. The molecule has 1 aliphatic heterocycles. The lowest BCUT2D eigenvalue weighted by Gasteiger charge is -2.27. The van der Waals surface area contributed by atoms with Gasteiger partial charge >= 0.3 is 5.97 Å². The molecule has 1 heterocycles. The van der Waals surface area contributed by atoms with Gasteiger partial charge in [0.2, 0.25) is 5.88 Å². The Morgan fingerprint density at radius 1 is 1.00 bits per heavy atom. The molecule has 39 heavy (non-hydrogen) atoms. The van der Waals surface area contributed by atoms with Gasteiger partial charge in [0, 0.05) is 17.2 Å². The number of nitrogens with zero attached hydrogens (tertiary/aromatic N) is 1. The van der Waals surface area contributed by atoms with Crippen LogP contribution in [0.1, 0.15) is 33.0 Å². The van der Waals surface area contributed by atoms with Crippen molar-refractivity contribution in [2.75, 3.05) is 7.11 Å². The fraction of sp³-hybridized carbons (Fsp3) is 0.0968. The van der Waals surface area contributed by atoms with E-state index >= 15 is 0 Å². The molecule has 194 valence electrons. The molecule has 5 rings (SSSR count). The van der Waals surface area contributed by atoms with Crippen molar-refractivity contribution in [3.63, 3.8) is 0 Å². The summed E-state index contributed by atoms with van der Waals surface area (Å²) in [4.78, 5) is 12.8. The molecule has 0 saturated heterocycles. The summed E-state index contributed by atoms with van der Waals surface area (Å²) in [5, 5.41) is 9.85. The van der Waals surface area contributed by atoms with Crippen molar-refractivity contribution < 1.29 is 28.1 Å². The lowest BCUT2D eigenvalue weighted by atomic mass is 9.83. The number of esters is 1. The third-order valence-electron chi connectivity index (χ3n) is 6.29. The van der Waals surface area contributed by atoms with Crippen molar-refractivity contribution >= 4 is 5.97 Å². The molecule has 4 aromatic rings. The van der Waals surface area contributed by atoms with Crippen LogP contribution < -0.4 is 24.7 Å². The molecule has 0 aromatic heterocycles. The quantitative estimate of drug-likeness (QED) is 0.240. The number of hydrogen-bond acceptors (Lipinski definition) is 7. The molecule has 0 radical (unpaired) electrons. The second-order valence-corrected chi connectivity index (χ2v) is 8.66. The SMILES string of the molecule is COc1ccccc1C(=O)Oc1ccc2c(c1)OC(N)=C(C#N)C2c1ccc(OCc2ccccc2F)cc1. The summed E-state index contributed by atoms with van der Waals surface area (Å²) < 4.78 is 36.2. The van der Waals surface area contributed by atoms with Crippen LogP contribution in [0.15, 0.2) is 102 Å². The molecule has 8 heteroatoms. The van der Waals surface area contributed by atoms with Crippen LogP contribution >= 0.6 is 0 Å². The van der Waals surface area contributed by atoms with Gasteiger partial charge in [0.15, 0.2) is 0 Å². The Morgan fingerprint density at radius 3 is 2.46 bits per heavy atom. The summed E-state index contributed by atoms with van der Waals surface area (Å²) in [7, 11) is 1.47. The van der Waals surface area contributed by atoms with Gasteiger partial charge in [-0.25, -0.2) is 9.18 Å². The largest absolute Gasteiger partial charge is 0.496 e. The Bertz CT molecular complexity index is 1610. The number of nitrogens with two attached hydrogens (primary N) is 1. The maximum Gasteiger partial charge on any atom is 0.347 e. The van der Waals surface area contributed by atoms with Crippen molar-refractivity contribution in [3.05, 3.63) is 131 Å². The molecule has 0 saturated carbocycles. The Morgan fingerprint density at radius 2 is 1.72 bits per heavy atom. The summed E-state index contributed by atoms with van der Waals surface area (Å²) in [6.45, 7) is 0.0821. The van der Waals surface area contributed by atoms with E-state index in [1.165, 1.54) is 13.2 Å². The van der Waals surface area contributed by atoms with Crippen molar-refractivity contribution in [1.29, 1.82) is 5.26 Å². The number of nitriles is 1. The monoisotopic (exact) mass is 522 g/mol. The predicted molar refractivity (Wildman–Crippen MR) is 141 cm³/mol. The Balaban J connectivity index is 1.39. The molecule has 1 unspecified atom stereocenters. The summed E-state index contributed by atoms with van der Waals surface area (Å²) in [6.07, 6.45) is 0. The number of para-hydroxylation sites is 1. The molecule has 0 amide bonds. The van der Waals surface area contributed by atoms with Crippen LogP contribution in [-0.4, -0.2) is 13.1 Å². The number of ether oxygens (including phenoxy) is 4. The fourth-order valence-electron chi connectivity index (χ4n) is 4.35. The van der Waals surface area contributed by atoms with Gasteiger partial charge in [-0.3, -0.25) is 0 Å². The lowest BCUT2D eigenvalue weighted by molar-refractivity contribution is 0.0731. The second kappa shape index (κ2) is 11.0. The standard InChI is InChI=1S/C31H23FN2O5/c1-36-27-9-5-3-7-24(27)31(35)38-22-14-15-23-28(16-22)39-30(34)25(17-33)29(23)19-10-12-21(13-11-19)37-18-20-6-2-4-8-26(20)32/h2-16,29H,18,34H2,1H3. The smallest absolute Gasteiger partial charge is 0.347 e. The van der Waals surface area contributed by atoms with E-state index in [0.717, 1.165) is 5.56 Å². The van der Waals surface area contributed by atoms with Gasteiger partial charge in [-0.15, -0.1) is 0 Å². The van der Waals surface area contributed by atoms with Gasteiger partial charge in [-0.1, -0.05) is 48.5 Å². The van der Waals surface area contributed by atoms with Crippen LogP contribution in [0.2, 0.25) is 0 Å². The Kier molecular flexibility index (Phi) is 7.15. The third-order valence-corrected chi connectivity index (χ3v) is 6.29. The van der Waals surface area contributed by atoms with E-state index in [1.54, 1.807) is 72.8 Å². The number of carbonyl (C=O) groups is 1. The number of fused-ring (bicyclic) bond motifs is 1. The normalized spacial score (nSPS) is 14.0. The molecule has 1 aliphatic rings. The zero-order valence-electron chi connectivity index (χ0n) is 20.9. The minimum Gasteiger partial charge on any atom is -0.496 e. The third kappa shape index (κ3) is 5.24. The first-order valence-corrected chi connectivity index (χ1v) is 12.0.